The number of hydrogen-bond donors (Lipinski definition) is 0. The second kappa shape index (κ2) is 4.67. The molecule has 0 saturated heterocycles. The Hall–Kier alpha value is -1.87. The predicted molar refractivity (Wildman–Crippen MR) is 72.4 cm³/mol. The van der Waals surface area contributed by atoms with Crippen molar-refractivity contribution in [2.24, 2.45) is 0 Å². The third-order valence-corrected chi connectivity index (χ3v) is 3.47. The molecule has 0 radical (unpaired) electrons. The highest BCUT2D eigenvalue weighted by atomic mass is 35.5. The molecule has 0 fully saturated rings. The lowest BCUT2D eigenvalue weighted by Gasteiger charge is -2.08. The Morgan fingerprint density at radius 2 is 1.89 bits per heavy atom. The van der Waals surface area contributed by atoms with Crippen molar-refractivity contribution < 1.29 is 8.78 Å². The zero-order chi connectivity index (χ0) is 13.4. The van der Waals surface area contributed by atoms with E-state index in [2.05, 4.69) is 0 Å². The van der Waals surface area contributed by atoms with Crippen LogP contribution in [0, 0.1) is 11.6 Å². The first kappa shape index (κ1) is 12.2. The summed E-state index contributed by atoms with van der Waals surface area (Å²) in [6.07, 6.45) is 1.80. The minimum Gasteiger partial charge on any atom is -0.343 e. The number of rotatable bonds is 2. The van der Waals surface area contributed by atoms with Gasteiger partial charge in [-0.25, -0.2) is 8.78 Å². The molecule has 0 aliphatic rings. The molecule has 0 aliphatic heterocycles. The second-order valence-electron chi connectivity index (χ2n) is 4.35. The Labute approximate surface area is 114 Å². The molecule has 3 rings (SSSR count). The third kappa shape index (κ3) is 2.22. The number of benzene rings is 2. The predicted octanol–water partition coefficient (Wildman–Crippen LogP) is 4.62. The van der Waals surface area contributed by atoms with Crippen molar-refractivity contribution in [1.82, 2.24) is 4.57 Å². The van der Waals surface area contributed by atoms with Crippen molar-refractivity contribution in [3.63, 3.8) is 0 Å². The summed E-state index contributed by atoms with van der Waals surface area (Å²) in [6.45, 7) is 0.478. The van der Waals surface area contributed by atoms with E-state index in [4.69, 9.17) is 11.6 Å². The van der Waals surface area contributed by atoms with Crippen LogP contribution in [0.3, 0.4) is 0 Å². The van der Waals surface area contributed by atoms with E-state index in [1.165, 1.54) is 18.2 Å². The summed E-state index contributed by atoms with van der Waals surface area (Å²) in [5.41, 5.74) is 1.59. The van der Waals surface area contributed by atoms with Gasteiger partial charge in [0.2, 0.25) is 0 Å². The lowest BCUT2D eigenvalue weighted by Crippen LogP contribution is -1.99. The van der Waals surface area contributed by atoms with Gasteiger partial charge in [0, 0.05) is 23.2 Å². The van der Waals surface area contributed by atoms with Crippen LogP contribution in [-0.2, 0) is 6.54 Å². The van der Waals surface area contributed by atoms with Gasteiger partial charge in [0.1, 0.15) is 11.6 Å². The topological polar surface area (TPSA) is 4.93 Å². The molecule has 2 aromatic carbocycles. The van der Waals surface area contributed by atoms with Gasteiger partial charge < -0.3 is 4.57 Å². The van der Waals surface area contributed by atoms with Crippen LogP contribution in [0.5, 0.6) is 0 Å². The molecule has 0 atom stereocenters. The molecular formula is C15H10ClF2N. The first-order valence-corrected chi connectivity index (χ1v) is 6.20. The van der Waals surface area contributed by atoms with Crippen molar-refractivity contribution in [2.75, 3.05) is 0 Å². The van der Waals surface area contributed by atoms with Crippen molar-refractivity contribution >= 4 is 22.5 Å². The fourth-order valence-corrected chi connectivity index (χ4v) is 2.38. The molecule has 4 heteroatoms. The van der Waals surface area contributed by atoms with Gasteiger partial charge in [-0.05, 0) is 35.9 Å². The molecule has 1 nitrogen and oxygen atoms in total. The van der Waals surface area contributed by atoms with Crippen LogP contribution in [-0.4, -0.2) is 4.57 Å². The fraction of sp³-hybridized carbons (Fsp3) is 0.0667. The Kier molecular flexibility index (Phi) is 2.99. The van der Waals surface area contributed by atoms with Crippen LogP contribution in [0.1, 0.15) is 5.56 Å². The van der Waals surface area contributed by atoms with E-state index in [-0.39, 0.29) is 11.6 Å². The van der Waals surface area contributed by atoms with Crippen molar-refractivity contribution in [3.8, 4) is 0 Å². The summed E-state index contributed by atoms with van der Waals surface area (Å²) in [5.74, 6) is -0.612. The lowest BCUT2D eigenvalue weighted by atomic mass is 10.2. The average molecular weight is 278 g/mol. The number of nitrogens with zero attached hydrogens (tertiary/aromatic N) is 1. The molecule has 19 heavy (non-hydrogen) atoms. The van der Waals surface area contributed by atoms with Gasteiger partial charge in [0.25, 0.3) is 0 Å². The number of fused-ring (bicyclic) bond motifs is 1. The first-order valence-electron chi connectivity index (χ1n) is 5.82. The van der Waals surface area contributed by atoms with E-state index in [1.54, 1.807) is 24.4 Å². The van der Waals surface area contributed by atoms with E-state index in [1.807, 2.05) is 10.6 Å². The van der Waals surface area contributed by atoms with Crippen LogP contribution in [0.15, 0.2) is 48.7 Å². The van der Waals surface area contributed by atoms with Crippen LogP contribution >= 0.6 is 11.6 Å². The summed E-state index contributed by atoms with van der Waals surface area (Å²) in [6, 6.07) is 11.0. The highest BCUT2D eigenvalue weighted by Gasteiger charge is 2.07. The highest BCUT2D eigenvalue weighted by molar-refractivity contribution is 6.31. The van der Waals surface area contributed by atoms with E-state index in [0.717, 1.165) is 11.1 Å². The van der Waals surface area contributed by atoms with Gasteiger partial charge in [-0.2, -0.15) is 0 Å². The maximum absolute atomic E-state index is 13.6. The Morgan fingerprint density at radius 3 is 2.68 bits per heavy atom. The number of hydrogen-bond acceptors (Lipinski definition) is 0. The summed E-state index contributed by atoms with van der Waals surface area (Å²) in [7, 11) is 0. The summed E-state index contributed by atoms with van der Waals surface area (Å²) in [4.78, 5) is 0. The molecule has 3 aromatic rings. The quantitative estimate of drug-likeness (QED) is 0.644. The minimum absolute atomic E-state index is 0.249. The monoisotopic (exact) mass is 277 g/mol. The molecule has 0 bridgehead atoms. The smallest absolute Gasteiger partial charge is 0.132 e. The Morgan fingerprint density at radius 1 is 1.05 bits per heavy atom. The Balaban J connectivity index is 2.04. The van der Waals surface area contributed by atoms with Crippen LogP contribution in [0.4, 0.5) is 8.78 Å². The third-order valence-electron chi connectivity index (χ3n) is 3.12. The summed E-state index contributed by atoms with van der Waals surface area (Å²) in [5, 5.41) is 0.944. The molecule has 1 aromatic heterocycles. The largest absolute Gasteiger partial charge is 0.343 e. The standard InChI is InChI=1S/C15H10ClF2N/c16-13-8-11(17)5-4-10(13)9-19-7-6-12-14(18)2-1-3-15(12)19/h1-8H,9H2. The van der Waals surface area contributed by atoms with Gasteiger partial charge in [0.05, 0.1) is 5.52 Å². The van der Waals surface area contributed by atoms with Gasteiger partial charge in [-0.3, -0.25) is 0 Å². The zero-order valence-corrected chi connectivity index (χ0v) is 10.7. The summed E-state index contributed by atoms with van der Waals surface area (Å²) >= 11 is 6.00. The maximum atomic E-state index is 13.6. The first-order chi connectivity index (χ1) is 9.15. The van der Waals surface area contributed by atoms with E-state index in [9.17, 15) is 8.78 Å². The SMILES string of the molecule is Fc1ccc(Cn2ccc3c(F)cccc32)c(Cl)c1. The molecule has 96 valence electrons. The zero-order valence-electron chi connectivity index (χ0n) is 9.91. The normalized spacial score (nSPS) is 11.1. The van der Waals surface area contributed by atoms with Crippen molar-refractivity contribution in [2.45, 2.75) is 6.54 Å². The van der Waals surface area contributed by atoms with Gasteiger partial charge in [-0.15, -0.1) is 0 Å². The number of aromatic nitrogens is 1. The maximum Gasteiger partial charge on any atom is 0.132 e. The number of halogens is 3. The molecule has 0 spiro atoms. The van der Waals surface area contributed by atoms with Crippen LogP contribution in [0.25, 0.3) is 10.9 Å². The van der Waals surface area contributed by atoms with Crippen LogP contribution in [0.2, 0.25) is 5.02 Å². The second-order valence-corrected chi connectivity index (χ2v) is 4.76. The average Bonchev–Trinajstić information content (AvgIpc) is 2.78. The molecular weight excluding hydrogens is 268 g/mol. The molecule has 0 unspecified atom stereocenters. The Bertz CT molecular complexity index is 749. The molecule has 0 saturated carbocycles. The van der Waals surface area contributed by atoms with Gasteiger partial charge >= 0.3 is 0 Å². The van der Waals surface area contributed by atoms with E-state index in [0.29, 0.717) is 17.0 Å². The summed E-state index contributed by atoms with van der Waals surface area (Å²) < 4.78 is 28.5. The van der Waals surface area contributed by atoms with Crippen LogP contribution < -0.4 is 0 Å². The molecule has 0 N–H and O–H groups in total. The van der Waals surface area contributed by atoms with E-state index >= 15 is 0 Å². The fourth-order valence-electron chi connectivity index (χ4n) is 2.16. The van der Waals surface area contributed by atoms with Gasteiger partial charge in [-0.1, -0.05) is 23.7 Å². The van der Waals surface area contributed by atoms with Crippen molar-refractivity contribution in [1.29, 1.82) is 0 Å². The van der Waals surface area contributed by atoms with Crippen molar-refractivity contribution in [3.05, 3.63) is 70.9 Å². The lowest BCUT2D eigenvalue weighted by molar-refractivity contribution is 0.626. The molecule has 0 amide bonds. The molecule has 1 heterocycles. The highest BCUT2D eigenvalue weighted by Crippen LogP contribution is 2.23. The minimum atomic E-state index is -0.364. The molecule has 0 aliphatic carbocycles. The van der Waals surface area contributed by atoms with E-state index < -0.39 is 0 Å². The van der Waals surface area contributed by atoms with Gasteiger partial charge in [0.15, 0.2) is 0 Å².